The molecule has 5 nitrogen and oxygen atoms in total. The maximum Gasteiger partial charge on any atom is 0.269 e. The van der Waals surface area contributed by atoms with Gasteiger partial charge in [0.25, 0.3) is 5.69 Å². The molecule has 0 aliphatic heterocycles. The summed E-state index contributed by atoms with van der Waals surface area (Å²) >= 11 is 4.87. The Bertz CT molecular complexity index is 705. The lowest BCUT2D eigenvalue weighted by molar-refractivity contribution is -0.384. The Morgan fingerprint density at radius 1 is 1.21 bits per heavy atom. The lowest BCUT2D eigenvalue weighted by Gasteiger charge is -2.14. The molecular formula is C17H17BrN2O3S. The molecule has 0 aliphatic carbocycles. The van der Waals surface area contributed by atoms with Crippen LogP contribution in [-0.2, 0) is 10.5 Å². The lowest BCUT2D eigenvalue weighted by atomic mass is 10.1. The van der Waals surface area contributed by atoms with Crippen molar-refractivity contribution >= 4 is 39.3 Å². The average molecular weight is 409 g/mol. The number of carbonyl (C=O) groups is 1. The minimum Gasteiger partial charge on any atom is -0.349 e. The Morgan fingerprint density at radius 2 is 1.83 bits per heavy atom. The van der Waals surface area contributed by atoms with E-state index >= 15 is 0 Å². The van der Waals surface area contributed by atoms with Gasteiger partial charge in [0.1, 0.15) is 0 Å². The van der Waals surface area contributed by atoms with Crippen molar-refractivity contribution in [3.63, 3.8) is 0 Å². The third-order valence-corrected chi connectivity index (χ3v) is 4.93. The smallest absolute Gasteiger partial charge is 0.269 e. The van der Waals surface area contributed by atoms with Crippen LogP contribution < -0.4 is 5.32 Å². The highest BCUT2D eigenvalue weighted by Gasteiger charge is 2.10. The van der Waals surface area contributed by atoms with Crippen LogP contribution in [0.15, 0.2) is 53.0 Å². The molecule has 1 amide bonds. The van der Waals surface area contributed by atoms with E-state index in [1.807, 2.05) is 31.2 Å². The van der Waals surface area contributed by atoms with Crippen LogP contribution in [-0.4, -0.2) is 16.6 Å². The Labute approximate surface area is 153 Å². The van der Waals surface area contributed by atoms with Crippen LogP contribution in [0.1, 0.15) is 24.1 Å². The maximum absolute atomic E-state index is 12.0. The van der Waals surface area contributed by atoms with Gasteiger partial charge in [0.05, 0.1) is 16.7 Å². The zero-order valence-corrected chi connectivity index (χ0v) is 15.5. The number of benzene rings is 2. The van der Waals surface area contributed by atoms with E-state index in [1.165, 1.54) is 23.9 Å². The van der Waals surface area contributed by atoms with Crippen molar-refractivity contribution < 1.29 is 9.72 Å². The SMILES string of the molecule is C[C@@H](NC(=O)CSCc1ccc([N+](=O)[O-])cc1)c1ccc(Br)cc1. The molecule has 1 atom stereocenters. The van der Waals surface area contributed by atoms with Gasteiger partial charge in [-0.2, -0.15) is 0 Å². The molecule has 0 radical (unpaired) electrons. The van der Waals surface area contributed by atoms with E-state index < -0.39 is 4.92 Å². The molecule has 0 aliphatic rings. The van der Waals surface area contributed by atoms with Crippen molar-refractivity contribution in [3.05, 3.63) is 74.2 Å². The molecule has 1 N–H and O–H groups in total. The molecule has 0 saturated carbocycles. The predicted octanol–water partition coefficient (Wildman–Crippen LogP) is 4.47. The highest BCUT2D eigenvalue weighted by molar-refractivity contribution is 9.10. The summed E-state index contributed by atoms with van der Waals surface area (Å²) in [6.07, 6.45) is 0. The standard InChI is InChI=1S/C17H17BrN2O3S/c1-12(14-4-6-15(18)7-5-14)19-17(21)11-24-10-13-2-8-16(9-3-13)20(22)23/h2-9,12H,10-11H2,1H3,(H,19,21)/t12-/m1/s1. The summed E-state index contributed by atoms with van der Waals surface area (Å²) in [5.74, 6) is 0.952. The molecule has 2 aromatic carbocycles. The normalized spacial score (nSPS) is 11.8. The molecule has 0 fully saturated rings. The van der Waals surface area contributed by atoms with E-state index in [2.05, 4.69) is 21.2 Å². The minimum absolute atomic E-state index is 0.0302. The van der Waals surface area contributed by atoms with Gasteiger partial charge in [-0.15, -0.1) is 11.8 Å². The number of nitrogens with one attached hydrogen (secondary N) is 1. The number of non-ortho nitro benzene ring substituents is 1. The topological polar surface area (TPSA) is 72.2 Å². The first-order valence-corrected chi connectivity index (χ1v) is 9.26. The van der Waals surface area contributed by atoms with Crippen molar-refractivity contribution in [2.75, 3.05) is 5.75 Å². The quantitative estimate of drug-likeness (QED) is 0.541. The lowest BCUT2D eigenvalue weighted by Crippen LogP contribution is -2.28. The third kappa shape index (κ3) is 5.65. The van der Waals surface area contributed by atoms with Crippen LogP contribution in [0.25, 0.3) is 0 Å². The third-order valence-electron chi connectivity index (χ3n) is 3.40. The van der Waals surface area contributed by atoms with E-state index in [-0.39, 0.29) is 17.6 Å². The van der Waals surface area contributed by atoms with Crippen LogP contribution in [0.2, 0.25) is 0 Å². The molecule has 24 heavy (non-hydrogen) atoms. The van der Waals surface area contributed by atoms with E-state index in [0.717, 1.165) is 15.6 Å². The number of hydrogen-bond acceptors (Lipinski definition) is 4. The Kier molecular flexibility index (Phi) is 6.81. The van der Waals surface area contributed by atoms with Crippen LogP contribution in [0.5, 0.6) is 0 Å². The van der Waals surface area contributed by atoms with Crippen molar-refractivity contribution in [3.8, 4) is 0 Å². The fourth-order valence-electron chi connectivity index (χ4n) is 2.09. The summed E-state index contributed by atoms with van der Waals surface area (Å²) in [6, 6.07) is 14.2. The number of amides is 1. The molecule has 0 bridgehead atoms. The number of hydrogen-bond donors (Lipinski definition) is 1. The first-order valence-electron chi connectivity index (χ1n) is 7.31. The van der Waals surface area contributed by atoms with Gasteiger partial charge >= 0.3 is 0 Å². The second-order valence-corrected chi connectivity index (χ2v) is 7.16. The first kappa shape index (κ1) is 18.5. The summed E-state index contributed by atoms with van der Waals surface area (Å²) in [5.41, 5.74) is 2.08. The van der Waals surface area contributed by atoms with E-state index in [0.29, 0.717) is 11.5 Å². The average Bonchev–Trinajstić information content (AvgIpc) is 2.55. The van der Waals surface area contributed by atoms with Gasteiger partial charge in [0, 0.05) is 22.4 Å². The largest absolute Gasteiger partial charge is 0.349 e. The summed E-state index contributed by atoms with van der Waals surface area (Å²) in [6.45, 7) is 1.95. The van der Waals surface area contributed by atoms with Crippen LogP contribution in [0, 0.1) is 10.1 Å². The molecule has 0 unspecified atom stereocenters. The first-order chi connectivity index (χ1) is 11.5. The number of rotatable bonds is 7. The van der Waals surface area contributed by atoms with Crippen LogP contribution in [0.4, 0.5) is 5.69 Å². The van der Waals surface area contributed by atoms with Crippen molar-refractivity contribution in [2.45, 2.75) is 18.7 Å². The monoisotopic (exact) mass is 408 g/mol. The summed E-state index contributed by atoms with van der Waals surface area (Å²) in [7, 11) is 0. The van der Waals surface area contributed by atoms with Crippen molar-refractivity contribution in [2.24, 2.45) is 0 Å². The van der Waals surface area contributed by atoms with Crippen molar-refractivity contribution in [1.29, 1.82) is 0 Å². The van der Waals surface area contributed by atoms with Crippen LogP contribution >= 0.6 is 27.7 Å². The minimum atomic E-state index is -0.423. The number of carbonyl (C=O) groups excluding carboxylic acids is 1. The highest BCUT2D eigenvalue weighted by Crippen LogP contribution is 2.18. The van der Waals surface area contributed by atoms with Gasteiger partial charge in [-0.1, -0.05) is 40.2 Å². The summed E-state index contributed by atoms with van der Waals surface area (Å²) in [4.78, 5) is 22.2. The second-order valence-electron chi connectivity index (χ2n) is 5.26. The van der Waals surface area contributed by atoms with Gasteiger partial charge < -0.3 is 5.32 Å². The number of nitro groups is 1. The Balaban J connectivity index is 1.76. The Hall–Kier alpha value is -1.86. The number of nitro benzene ring substituents is 1. The molecule has 2 aromatic rings. The van der Waals surface area contributed by atoms with Gasteiger partial charge in [0.15, 0.2) is 0 Å². The number of halogens is 1. The fraction of sp³-hybridized carbons (Fsp3) is 0.235. The van der Waals surface area contributed by atoms with Gasteiger partial charge in [-0.05, 0) is 30.2 Å². The van der Waals surface area contributed by atoms with Gasteiger partial charge in [-0.3, -0.25) is 14.9 Å². The molecule has 0 aromatic heterocycles. The zero-order valence-electron chi connectivity index (χ0n) is 13.1. The molecular weight excluding hydrogens is 392 g/mol. The summed E-state index contributed by atoms with van der Waals surface area (Å²) < 4.78 is 1.00. The zero-order chi connectivity index (χ0) is 17.5. The number of thioether (sulfide) groups is 1. The van der Waals surface area contributed by atoms with E-state index in [1.54, 1.807) is 12.1 Å². The highest BCUT2D eigenvalue weighted by atomic mass is 79.9. The number of nitrogens with zero attached hydrogens (tertiary/aromatic N) is 1. The van der Waals surface area contributed by atoms with E-state index in [9.17, 15) is 14.9 Å². The Morgan fingerprint density at radius 3 is 2.42 bits per heavy atom. The predicted molar refractivity (Wildman–Crippen MR) is 100.0 cm³/mol. The molecule has 2 rings (SSSR count). The van der Waals surface area contributed by atoms with Gasteiger partial charge in [-0.25, -0.2) is 0 Å². The maximum atomic E-state index is 12.0. The van der Waals surface area contributed by atoms with E-state index in [4.69, 9.17) is 0 Å². The summed E-state index contributed by atoms with van der Waals surface area (Å²) in [5, 5.41) is 13.6. The molecule has 126 valence electrons. The van der Waals surface area contributed by atoms with Crippen molar-refractivity contribution in [1.82, 2.24) is 5.32 Å². The molecule has 0 saturated heterocycles. The molecule has 7 heteroatoms. The van der Waals surface area contributed by atoms with Gasteiger partial charge in [0.2, 0.25) is 5.91 Å². The molecule has 0 spiro atoms. The second kappa shape index (κ2) is 8.84. The fourth-order valence-corrected chi connectivity index (χ4v) is 3.16. The molecule has 0 heterocycles. The van der Waals surface area contributed by atoms with Crippen LogP contribution in [0.3, 0.4) is 0 Å².